The Kier molecular flexibility index (Phi) is 11.0. The number of thiophene rings is 1. The van der Waals surface area contributed by atoms with E-state index in [1.54, 1.807) is 31.7 Å². The summed E-state index contributed by atoms with van der Waals surface area (Å²) in [6.07, 6.45) is 3.32. The number of amides is 2. The van der Waals surface area contributed by atoms with Gasteiger partial charge in [0, 0.05) is 24.4 Å². The van der Waals surface area contributed by atoms with E-state index in [-0.39, 0.29) is 34.6 Å². The molecule has 1 saturated heterocycles. The van der Waals surface area contributed by atoms with Crippen LogP contribution in [0.1, 0.15) is 88.7 Å². The van der Waals surface area contributed by atoms with Crippen LogP contribution in [0.25, 0.3) is 0 Å². The van der Waals surface area contributed by atoms with Crippen molar-refractivity contribution in [3.63, 3.8) is 0 Å². The highest BCUT2D eigenvalue weighted by Gasteiger charge is 2.35. The third-order valence-electron chi connectivity index (χ3n) is 7.03. The minimum absolute atomic E-state index is 0.141. The van der Waals surface area contributed by atoms with E-state index in [1.165, 1.54) is 4.90 Å². The van der Waals surface area contributed by atoms with Crippen LogP contribution in [0.2, 0.25) is 0 Å². The first-order chi connectivity index (χ1) is 19.2. The van der Waals surface area contributed by atoms with Gasteiger partial charge in [-0.2, -0.15) is 0 Å². The number of nitrogens with zero attached hydrogens (tertiary/aromatic N) is 2. The SMILES string of the molecule is CC1CCC(C(=O)N(CC(=O)N2CCOCC2)c2cc(C#CC(C)(C)C)sc2C(=O)OCOC(=O)C(C)(C)C)CC1. The van der Waals surface area contributed by atoms with E-state index < -0.39 is 24.1 Å². The lowest BCUT2D eigenvalue weighted by atomic mass is 9.82. The fourth-order valence-electron chi connectivity index (χ4n) is 4.51. The number of hydrogen-bond donors (Lipinski definition) is 0. The summed E-state index contributed by atoms with van der Waals surface area (Å²) in [5, 5.41) is 0. The van der Waals surface area contributed by atoms with Crippen LogP contribution in [0.3, 0.4) is 0 Å². The van der Waals surface area contributed by atoms with E-state index in [9.17, 15) is 19.2 Å². The number of carbonyl (C=O) groups is 4. The second-order valence-electron chi connectivity index (χ2n) is 12.9. The van der Waals surface area contributed by atoms with Crippen LogP contribution in [-0.4, -0.2) is 68.3 Å². The first-order valence-corrected chi connectivity index (χ1v) is 15.2. The predicted octanol–water partition coefficient (Wildman–Crippen LogP) is 4.87. The number of esters is 2. The zero-order valence-electron chi connectivity index (χ0n) is 25.5. The number of morpholine rings is 1. The molecule has 1 aromatic rings. The van der Waals surface area contributed by atoms with Gasteiger partial charge in [0.25, 0.3) is 0 Å². The molecule has 2 aliphatic rings. The van der Waals surface area contributed by atoms with Gasteiger partial charge in [-0.05, 0) is 79.2 Å². The van der Waals surface area contributed by atoms with Crippen LogP contribution in [0.4, 0.5) is 5.69 Å². The van der Waals surface area contributed by atoms with Gasteiger partial charge >= 0.3 is 11.9 Å². The third kappa shape index (κ3) is 9.57. The maximum absolute atomic E-state index is 14.0. The molecule has 0 spiro atoms. The summed E-state index contributed by atoms with van der Waals surface area (Å²) in [5.41, 5.74) is -0.741. The molecule has 1 aliphatic carbocycles. The van der Waals surface area contributed by atoms with E-state index >= 15 is 0 Å². The summed E-state index contributed by atoms with van der Waals surface area (Å²) in [7, 11) is 0. The van der Waals surface area contributed by atoms with Gasteiger partial charge in [-0.3, -0.25) is 14.4 Å². The van der Waals surface area contributed by atoms with Gasteiger partial charge in [-0.15, -0.1) is 11.3 Å². The maximum Gasteiger partial charge on any atom is 0.353 e. The van der Waals surface area contributed by atoms with Crippen LogP contribution in [0, 0.1) is 34.5 Å². The van der Waals surface area contributed by atoms with Crippen molar-refractivity contribution in [2.45, 2.75) is 74.1 Å². The lowest BCUT2D eigenvalue weighted by Gasteiger charge is -2.33. The van der Waals surface area contributed by atoms with Crippen molar-refractivity contribution in [2.75, 3.05) is 44.5 Å². The van der Waals surface area contributed by atoms with Gasteiger partial charge in [-0.1, -0.05) is 18.8 Å². The summed E-state index contributed by atoms with van der Waals surface area (Å²) in [4.78, 5) is 56.7. The Balaban J connectivity index is 1.96. The second-order valence-corrected chi connectivity index (χ2v) is 14.0. The number of carbonyl (C=O) groups excluding carboxylic acids is 4. The van der Waals surface area contributed by atoms with E-state index in [0.29, 0.717) is 42.8 Å². The van der Waals surface area contributed by atoms with Crippen LogP contribution < -0.4 is 4.90 Å². The van der Waals surface area contributed by atoms with E-state index in [1.807, 2.05) is 20.8 Å². The van der Waals surface area contributed by atoms with E-state index in [4.69, 9.17) is 14.2 Å². The van der Waals surface area contributed by atoms with Crippen molar-refractivity contribution >= 4 is 40.8 Å². The smallest absolute Gasteiger partial charge is 0.353 e. The average Bonchev–Trinajstić information content (AvgIpc) is 3.34. The standard InChI is InChI=1S/C31H44N2O7S/c1-21-8-10-22(11-9-21)27(35)33(19-25(34)32-14-16-38-17-15-32)24-18-23(12-13-30(2,3)4)41-26(24)28(36)39-20-40-29(37)31(5,6)7/h18,21-22H,8-11,14-17,19-20H2,1-7H3. The molecule has 2 fully saturated rings. The van der Waals surface area contributed by atoms with Crippen LogP contribution in [0.5, 0.6) is 0 Å². The van der Waals surface area contributed by atoms with Crippen molar-refractivity contribution in [2.24, 2.45) is 22.7 Å². The van der Waals surface area contributed by atoms with Crippen molar-refractivity contribution in [1.82, 2.24) is 4.90 Å². The molecule has 41 heavy (non-hydrogen) atoms. The second kappa shape index (κ2) is 13.8. The first-order valence-electron chi connectivity index (χ1n) is 14.3. The number of anilines is 1. The predicted molar refractivity (Wildman–Crippen MR) is 157 cm³/mol. The summed E-state index contributed by atoms with van der Waals surface area (Å²) >= 11 is 1.10. The first kappa shape index (κ1) is 32.6. The Morgan fingerprint density at radius 3 is 2.24 bits per heavy atom. The molecule has 0 bridgehead atoms. The molecule has 0 unspecified atom stereocenters. The molecule has 0 radical (unpaired) electrons. The number of hydrogen-bond acceptors (Lipinski definition) is 8. The highest BCUT2D eigenvalue weighted by molar-refractivity contribution is 7.15. The van der Waals surface area contributed by atoms with Crippen LogP contribution >= 0.6 is 11.3 Å². The minimum atomic E-state index is -0.753. The molecule has 226 valence electrons. The normalized spacial score (nSPS) is 19.5. The molecular formula is C31H44N2O7S. The quantitative estimate of drug-likeness (QED) is 0.254. The Hall–Kier alpha value is -2.90. The third-order valence-corrected chi connectivity index (χ3v) is 8.05. The molecule has 2 amide bonds. The zero-order chi connectivity index (χ0) is 30.4. The number of ether oxygens (including phenoxy) is 3. The fourth-order valence-corrected chi connectivity index (χ4v) is 5.42. The molecule has 10 heteroatoms. The van der Waals surface area contributed by atoms with Gasteiger partial charge in [0.05, 0.1) is 29.2 Å². The lowest BCUT2D eigenvalue weighted by Crippen LogP contribution is -2.49. The monoisotopic (exact) mass is 588 g/mol. The summed E-state index contributed by atoms with van der Waals surface area (Å²) in [5.74, 6) is 4.94. The Morgan fingerprint density at radius 2 is 1.66 bits per heavy atom. The summed E-state index contributed by atoms with van der Waals surface area (Å²) < 4.78 is 15.9. The summed E-state index contributed by atoms with van der Waals surface area (Å²) in [6, 6.07) is 1.69. The largest absolute Gasteiger partial charge is 0.427 e. The van der Waals surface area contributed by atoms with Crippen molar-refractivity contribution in [3.8, 4) is 11.8 Å². The highest BCUT2D eigenvalue weighted by Crippen LogP contribution is 2.36. The Labute approximate surface area is 247 Å². The van der Waals surface area contributed by atoms with Gasteiger partial charge < -0.3 is 24.0 Å². The highest BCUT2D eigenvalue weighted by atomic mass is 32.1. The van der Waals surface area contributed by atoms with Crippen molar-refractivity contribution in [1.29, 1.82) is 0 Å². The molecule has 0 N–H and O–H groups in total. The molecular weight excluding hydrogens is 544 g/mol. The number of rotatable bonds is 7. The van der Waals surface area contributed by atoms with Crippen LogP contribution in [-0.2, 0) is 28.6 Å². The molecule has 3 rings (SSSR count). The van der Waals surface area contributed by atoms with Gasteiger partial charge in [-0.25, -0.2) is 4.79 Å². The summed E-state index contributed by atoms with van der Waals surface area (Å²) in [6.45, 7) is 14.2. The molecule has 1 saturated carbocycles. The molecule has 9 nitrogen and oxygen atoms in total. The van der Waals surface area contributed by atoms with E-state index in [2.05, 4.69) is 18.8 Å². The maximum atomic E-state index is 14.0. The van der Waals surface area contributed by atoms with Gasteiger partial charge in [0.1, 0.15) is 11.4 Å². The topological polar surface area (TPSA) is 102 Å². The molecule has 1 aliphatic heterocycles. The molecule has 0 aromatic carbocycles. The molecule has 0 atom stereocenters. The fraction of sp³-hybridized carbons (Fsp3) is 0.677. The average molecular weight is 589 g/mol. The van der Waals surface area contributed by atoms with Crippen molar-refractivity contribution < 1.29 is 33.4 Å². The van der Waals surface area contributed by atoms with Gasteiger partial charge in [0.15, 0.2) is 0 Å². The molecule has 2 heterocycles. The lowest BCUT2D eigenvalue weighted by molar-refractivity contribution is -0.161. The van der Waals surface area contributed by atoms with Crippen molar-refractivity contribution in [3.05, 3.63) is 15.8 Å². The Morgan fingerprint density at radius 1 is 1.02 bits per heavy atom. The minimum Gasteiger partial charge on any atom is -0.427 e. The zero-order valence-corrected chi connectivity index (χ0v) is 26.3. The molecule has 1 aromatic heterocycles. The van der Waals surface area contributed by atoms with Gasteiger partial charge in [0.2, 0.25) is 18.6 Å². The Bertz CT molecular complexity index is 1170. The van der Waals surface area contributed by atoms with E-state index in [0.717, 1.165) is 37.0 Å². The van der Waals surface area contributed by atoms with Crippen LogP contribution in [0.15, 0.2) is 6.07 Å².